The normalized spacial score (nSPS) is 17.2. The van der Waals surface area contributed by atoms with Crippen molar-refractivity contribution < 1.29 is 4.52 Å². The highest BCUT2D eigenvalue weighted by Crippen LogP contribution is 2.40. The van der Waals surface area contributed by atoms with E-state index in [2.05, 4.69) is 44.4 Å². The fourth-order valence-electron chi connectivity index (χ4n) is 2.59. The van der Waals surface area contributed by atoms with Gasteiger partial charge in [0.25, 0.3) is 0 Å². The number of rotatable bonds is 2. The zero-order valence-corrected chi connectivity index (χ0v) is 12.9. The van der Waals surface area contributed by atoms with Gasteiger partial charge in [-0.3, -0.25) is 4.98 Å². The van der Waals surface area contributed by atoms with Crippen molar-refractivity contribution in [2.24, 2.45) is 0 Å². The van der Waals surface area contributed by atoms with Gasteiger partial charge < -0.3 is 4.52 Å². The van der Waals surface area contributed by atoms with Gasteiger partial charge in [0.1, 0.15) is 5.69 Å². The molecule has 0 radical (unpaired) electrons. The molecule has 6 heteroatoms. The molecule has 110 valence electrons. The van der Waals surface area contributed by atoms with E-state index in [9.17, 15) is 0 Å². The topological polar surface area (TPSA) is 64.7 Å². The van der Waals surface area contributed by atoms with Crippen molar-refractivity contribution in [2.75, 3.05) is 5.75 Å². The maximum atomic E-state index is 5.51. The van der Waals surface area contributed by atoms with Gasteiger partial charge in [0.05, 0.1) is 17.8 Å². The van der Waals surface area contributed by atoms with E-state index in [4.69, 9.17) is 4.52 Å². The summed E-state index contributed by atoms with van der Waals surface area (Å²) in [6, 6.07) is 8.41. The molecule has 1 aliphatic heterocycles. The number of thioether (sulfide) groups is 1. The van der Waals surface area contributed by atoms with Crippen molar-refractivity contribution >= 4 is 11.8 Å². The molecule has 0 spiro atoms. The SMILES string of the molecule is Cc1cnc(-c2noc(C3CCSc4ccccc43)n2)cn1. The molecule has 5 nitrogen and oxygen atoms in total. The van der Waals surface area contributed by atoms with Crippen molar-refractivity contribution in [2.45, 2.75) is 24.2 Å². The van der Waals surface area contributed by atoms with Crippen molar-refractivity contribution in [1.29, 1.82) is 0 Å². The number of aromatic nitrogens is 4. The predicted molar refractivity (Wildman–Crippen MR) is 83.7 cm³/mol. The van der Waals surface area contributed by atoms with Gasteiger partial charge in [-0.05, 0) is 30.7 Å². The van der Waals surface area contributed by atoms with Gasteiger partial charge in [-0.1, -0.05) is 23.4 Å². The summed E-state index contributed by atoms with van der Waals surface area (Å²) < 4.78 is 5.51. The third kappa shape index (κ3) is 2.39. The molecule has 0 bridgehead atoms. The van der Waals surface area contributed by atoms with Crippen LogP contribution >= 0.6 is 11.8 Å². The monoisotopic (exact) mass is 310 g/mol. The molecular formula is C16H14N4OS. The van der Waals surface area contributed by atoms with Crippen LogP contribution in [0.4, 0.5) is 0 Å². The maximum absolute atomic E-state index is 5.51. The van der Waals surface area contributed by atoms with E-state index >= 15 is 0 Å². The fraction of sp³-hybridized carbons (Fsp3) is 0.250. The first kappa shape index (κ1) is 13.5. The maximum Gasteiger partial charge on any atom is 0.234 e. The molecule has 1 atom stereocenters. The largest absolute Gasteiger partial charge is 0.338 e. The van der Waals surface area contributed by atoms with Gasteiger partial charge in [-0.2, -0.15) is 4.98 Å². The molecule has 1 aliphatic rings. The zero-order valence-electron chi connectivity index (χ0n) is 12.1. The fourth-order valence-corrected chi connectivity index (χ4v) is 3.71. The molecular weight excluding hydrogens is 296 g/mol. The van der Waals surface area contributed by atoms with E-state index in [1.54, 1.807) is 12.4 Å². The van der Waals surface area contributed by atoms with Crippen LogP contribution in [-0.2, 0) is 0 Å². The molecule has 3 aromatic rings. The van der Waals surface area contributed by atoms with E-state index in [1.807, 2.05) is 18.7 Å². The van der Waals surface area contributed by atoms with Crippen molar-refractivity contribution in [3.63, 3.8) is 0 Å². The van der Waals surface area contributed by atoms with Gasteiger partial charge >= 0.3 is 0 Å². The van der Waals surface area contributed by atoms with Crippen LogP contribution in [0.2, 0.25) is 0 Å². The predicted octanol–water partition coefficient (Wildman–Crippen LogP) is 3.46. The number of nitrogens with zero attached hydrogens (tertiary/aromatic N) is 4. The third-order valence-electron chi connectivity index (χ3n) is 3.71. The third-order valence-corrected chi connectivity index (χ3v) is 4.83. The van der Waals surface area contributed by atoms with E-state index < -0.39 is 0 Å². The van der Waals surface area contributed by atoms with Crippen LogP contribution < -0.4 is 0 Å². The molecule has 22 heavy (non-hydrogen) atoms. The summed E-state index contributed by atoms with van der Waals surface area (Å²) in [7, 11) is 0. The Hall–Kier alpha value is -2.21. The van der Waals surface area contributed by atoms with Gasteiger partial charge in [0.15, 0.2) is 0 Å². The lowest BCUT2D eigenvalue weighted by atomic mass is 9.96. The minimum atomic E-state index is 0.164. The standard InChI is InChI=1S/C16H14N4OS/c1-10-8-18-13(9-17-10)15-19-16(21-20-15)12-6-7-22-14-5-3-2-4-11(12)14/h2-5,8-9,12H,6-7H2,1H3. The molecule has 0 saturated heterocycles. The minimum absolute atomic E-state index is 0.164. The summed E-state index contributed by atoms with van der Waals surface area (Å²) >= 11 is 1.88. The van der Waals surface area contributed by atoms with Gasteiger partial charge in [-0.25, -0.2) is 4.98 Å². The molecule has 4 rings (SSSR count). The van der Waals surface area contributed by atoms with Crippen LogP contribution in [0.5, 0.6) is 0 Å². The van der Waals surface area contributed by atoms with Crippen molar-refractivity contribution in [3.8, 4) is 11.5 Å². The van der Waals surface area contributed by atoms with Gasteiger partial charge in [0.2, 0.25) is 11.7 Å². The number of fused-ring (bicyclic) bond motifs is 1. The Bertz CT molecular complexity index is 800. The second-order valence-electron chi connectivity index (χ2n) is 5.23. The highest BCUT2D eigenvalue weighted by atomic mass is 32.2. The Kier molecular flexibility index (Phi) is 3.38. The van der Waals surface area contributed by atoms with Crippen LogP contribution in [0.1, 0.15) is 29.5 Å². The number of hydrogen-bond acceptors (Lipinski definition) is 6. The second-order valence-corrected chi connectivity index (χ2v) is 6.36. The lowest BCUT2D eigenvalue weighted by molar-refractivity contribution is 0.362. The molecule has 0 saturated carbocycles. The van der Waals surface area contributed by atoms with Crippen LogP contribution in [0.25, 0.3) is 11.5 Å². The summed E-state index contributed by atoms with van der Waals surface area (Å²) in [6.07, 6.45) is 4.38. The Morgan fingerprint density at radius 2 is 2.09 bits per heavy atom. The lowest BCUT2D eigenvalue weighted by Gasteiger charge is -2.21. The summed E-state index contributed by atoms with van der Waals surface area (Å²) in [6.45, 7) is 1.90. The Morgan fingerprint density at radius 1 is 1.18 bits per heavy atom. The molecule has 1 unspecified atom stereocenters. The van der Waals surface area contributed by atoms with Crippen LogP contribution in [-0.4, -0.2) is 25.9 Å². The summed E-state index contributed by atoms with van der Waals surface area (Å²) in [4.78, 5) is 14.4. The molecule has 2 aromatic heterocycles. The highest BCUT2D eigenvalue weighted by molar-refractivity contribution is 7.99. The smallest absolute Gasteiger partial charge is 0.234 e. The molecule has 0 fully saturated rings. The summed E-state index contributed by atoms with van der Waals surface area (Å²) in [5, 5.41) is 4.07. The first-order valence-electron chi connectivity index (χ1n) is 7.15. The minimum Gasteiger partial charge on any atom is -0.338 e. The highest BCUT2D eigenvalue weighted by Gasteiger charge is 2.27. The molecule has 3 heterocycles. The second kappa shape index (κ2) is 5.53. The van der Waals surface area contributed by atoms with Gasteiger partial charge in [-0.15, -0.1) is 11.8 Å². The Labute approximate surface area is 132 Å². The quantitative estimate of drug-likeness (QED) is 0.722. The first-order valence-corrected chi connectivity index (χ1v) is 8.14. The van der Waals surface area contributed by atoms with Crippen LogP contribution in [0.15, 0.2) is 46.1 Å². The van der Waals surface area contributed by atoms with E-state index in [0.717, 1.165) is 17.9 Å². The number of benzene rings is 1. The molecule has 1 aromatic carbocycles. The number of hydrogen-bond donors (Lipinski definition) is 0. The molecule has 0 amide bonds. The summed E-state index contributed by atoms with van der Waals surface area (Å²) in [5.41, 5.74) is 2.77. The first-order chi connectivity index (χ1) is 10.8. The number of aryl methyl sites for hydroxylation is 1. The lowest BCUT2D eigenvalue weighted by Crippen LogP contribution is -2.09. The van der Waals surface area contributed by atoms with E-state index in [1.165, 1.54) is 10.5 Å². The van der Waals surface area contributed by atoms with Crippen LogP contribution in [0.3, 0.4) is 0 Å². The molecule has 0 aliphatic carbocycles. The average molecular weight is 310 g/mol. The average Bonchev–Trinajstić information content (AvgIpc) is 3.05. The van der Waals surface area contributed by atoms with Crippen LogP contribution in [0, 0.1) is 6.92 Å². The van der Waals surface area contributed by atoms with Gasteiger partial charge in [0, 0.05) is 11.1 Å². The van der Waals surface area contributed by atoms with E-state index in [-0.39, 0.29) is 5.92 Å². The Morgan fingerprint density at radius 3 is 2.95 bits per heavy atom. The molecule has 0 N–H and O–H groups in total. The van der Waals surface area contributed by atoms with Crippen molar-refractivity contribution in [3.05, 3.63) is 53.8 Å². The van der Waals surface area contributed by atoms with Crippen molar-refractivity contribution in [1.82, 2.24) is 20.1 Å². The zero-order chi connectivity index (χ0) is 14.9. The van der Waals surface area contributed by atoms with E-state index in [0.29, 0.717) is 17.4 Å². The Balaban J connectivity index is 1.69. The summed E-state index contributed by atoms with van der Waals surface area (Å²) in [5.74, 6) is 2.38.